The Morgan fingerprint density at radius 2 is 1.95 bits per heavy atom. The Morgan fingerprint density at radius 1 is 1.33 bits per heavy atom. The molecule has 0 spiro atoms. The summed E-state index contributed by atoms with van der Waals surface area (Å²) in [5.41, 5.74) is 1.40. The molecular weight excluding hydrogens is 260 g/mol. The van der Waals surface area contributed by atoms with Crippen LogP contribution >= 0.6 is 0 Å². The number of hydrogen-bond donors (Lipinski definition) is 0. The van der Waals surface area contributed by atoms with Crippen LogP contribution in [0, 0.1) is 5.41 Å². The van der Waals surface area contributed by atoms with Gasteiger partial charge in [0.05, 0.1) is 0 Å². The van der Waals surface area contributed by atoms with E-state index in [0.29, 0.717) is 12.5 Å². The quantitative estimate of drug-likeness (QED) is 0.784. The van der Waals surface area contributed by atoms with Crippen molar-refractivity contribution in [1.29, 1.82) is 0 Å². The highest BCUT2D eigenvalue weighted by Crippen LogP contribution is 2.28. The van der Waals surface area contributed by atoms with Gasteiger partial charge in [-0.15, -0.1) is 0 Å². The van der Waals surface area contributed by atoms with E-state index in [2.05, 4.69) is 62.8 Å². The van der Waals surface area contributed by atoms with Crippen LogP contribution in [0.1, 0.15) is 45.6 Å². The summed E-state index contributed by atoms with van der Waals surface area (Å²) >= 11 is 0. The summed E-state index contributed by atoms with van der Waals surface area (Å²) in [7, 11) is 1.91. The van der Waals surface area contributed by atoms with Crippen LogP contribution in [0.15, 0.2) is 30.3 Å². The van der Waals surface area contributed by atoms with Crippen LogP contribution in [0.2, 0.25) is 0 Å². The molecule has 2 atom stereocenters. The summed E-state index contributed by atoms with van der Waals surface area (Å²) < 4.78 is 2.21. The molecular formula is C18H27N2O+. The standard InChI is InChI=1S/C18H27N2O/c1-14(15-9-7-6-8-10-15)11-12-20-13-16(21)19(5)17(20)18(2,3)4/h6-10,12,14,17H,11,13H2,1-5H3/q+1/b20-12+/t14-,17-/m0/s1. The Bertz CT molecular complexity index is 528. The molecule has 1 aromatic rings. The third kappa shape index (κ3) is 3.52. The molecule has 2 rings (SSSR count). The highest BCUT2D eigenvalue weighted by Gasteiger charge is 2.46. The van der Waals surface area contributed by atoms with Crippen LogP contribution in [0.4, 0.5) is 0 Å². The first kappa shape index (κ1) is 15.7. The van der Waals surface area contributed by atoms with Crippen LogP contribution in [0.25, 0.3) is 0 Å². The third-order valence-corrected chi connectivity index (χ3v) is 4.23. The lowest BCUT2D eigenvalue weighted by atomic mass is 9.91. The molecule has 0 saturated carbocycles. The number of amides is 1. The zero-order valence-corrected chi connectivity index (χ0v) is 13.8. The predicted molar refractivity (Wildman–Crippen MR) is 86.7 cm³/mol. The fraction of sp³-hybridized carbons (Fsp3) is 0.556. The van der Waals surface area contributed by atoms with E-state index in [9.17, 15) is 4.79 Å². The maximum absolute atomic E-state index is 12.0. The van der Waals surface area contributed by atoms with E-state index in [-0.39, 0.29) is 17.5 Å². The maximum atomic E-state index is 12.0. The van der Waals surface area contributed by atoms with Gasteiger partial charge in [0.15, 0.2) is 0 Å². The van der Waals surface area contributed by atoms with E-state index < -0.39 is 0 Å². The van der Waals surface area contributed by atoms with Gasteiger partial charge in [0, 0.05) is 18.9 Å². The van der Waals surface area contributed by atoms with Crippen molar-refractivity contribution in [3.8, 4) is 0 Å². The Labute approximate surface area is 128 Å². The summed E-state index contributed by atoms with van der Waals surface area (Å²) in [6, 6.07) is 10.5. The molecule has 1 aromatic carbocycles. The molecule has 0 bridgehead atoms. The Morgan fingerprint density at radius 3 is 2.52 bits per heavy atom. The van der Waals surface area contributed by atoms with Crippen molar-refractivity contribution < 1.29 is 9.37 Å². The number of carbonyl (C=O) groups is 1. The Hall–Kier alpha value is -1.64. The number of rotatable bonds is 3. The molecule has 0 N–H and O–H groups in total. The minimum Gasteiger partial charge on any atom is -0.282 e. The van der Waals surface area contributed by atoms with Crippen molar-refractivity contribution in [2.75, 3.05) is 13.6 Å². The van der Waals surface area contributed by atoms with E-state index >= 15 is 0 Å². The lowest BCUT2D eigenvalue weighted by Crippen LogP contribution is -2.43. The average molecular weight is 287 g/mol. The molecule has 1 aliphatic heterocycles. The molecule has 1 fully saturated rings. The van der Waals surface area contributed by atoms with Gasteiger partial charge in [-0.2, -0.15) is 0 Å². The van der Waals surface area contributed by atoms with E-state index in [0.717, 1.165) is 6.42 Å². The first-order chi connectivity index (χ1) is 9.80. The molecule has 3 nitrogen and oxygen atoms in total. The van der Waals surface area contributed by atoms with Crippen molar-refractivity contribution >= 4 is 12.1 Å². The second-order valence-electron chi connectivity index (χ2n) is 7.15. The fourth-order valence-electron chi connectivity index (χ4n) is 3.17. The molecule has 0 aromatic heterocycles. The maximum Gasteiger partial charge on any atom is 0.292 e. The molecule has 1 saturated heterocycles. The normalized spacial score (nSPS) is 22.9. The minimum absolute atomic E-state index is 0.0490. The molecule has 0 unspecified atom stereocenters. The van der Waals surface area contributed by atoms with E-state index in [1.807, 2.05) is 18.0 Å². The molecule has 0 aliphatic carbocycles. The molecule has 1 amide bonds. The molecule has 3 heteroatoms. The summed E-state index contributed by atoms with van der Waals surface area (Å²) in [6.07, 6.45) is 3.32. The largest absolute Gasteiger partial charge is 0.292 e. The van der Waals surface area contributed by atoms with Gasteiger partial charge in [-0.05, 0) is 11.5 Å². The van der Waals surface area contributed by atoms with E-state index in [1.54, 1.807) is 0 Å². The molecule has 1 heterocycles. The zero-order chi connectivity index (χ0) is 15.6. The fourth-order valence-corrected chi connectivity index (χ4v) is 3.17. The van der Waals surface area contributed by atoms with Crippen molar-refractivity contribution in [2.24, 2.45) is 5.41 Å². The predicted octanol–water partition coefficient (Wildman–Crippen LogP) is 3.11. The van der Waals surface area contributed by atoms with Crippen molar-refractivity contribution in [2.45, 2.75) is 46.2 Å². The first-order valence-electron chi connectivity index (χ1n) is 7.70. The van der Waals surface area contributed by atoms with Crippen molar-refractivity contribution in [3.63, 3.8) is 0 Å². The second-order valence-corrected chi connectivity index (χ2v) is 7.15. The average Bonchev–Trinajstić information content (AvgIpc) is 2.72. The lowest BCUT2D eigenvalue weighted by Gasteiger charge is -2.27. The summed E-state index contributed by atoms with van der Waals surface area (Å²) in [5, 5.41) is 0. The second kappa shape index (κ2) is 6.00. The number of benzene rings is 1. The van der Waals surface area contributed by atoms with Gasteiger partial charge in [-0.1, -0.05) is 58.0 Å². The van der Waals surface area contributed by atoms with E-state index in [4.69, 9.17) is 0 Å². The number of nitrogens with zero attached hydrogens (tertiary/aromatic N) is 2. The third-order valence-electron chi connectivity index (χ3n) is 4.23. The van der Waals surface area contributed by atoms with Crippen LogP contribution in [0.3, 0.4) is 0 Å². The van der Waals surface area contributed by atoms with Gasteiger partial charge in [0.1, 0.15) is 6.21 Å². The van der Waals surface area contributed by atoms with Gasteiger partial charge < -0.3 is 0 Å². The number of carbonyl (C=O) groups excluding carboxylic acids is 1. The van der Waals surface area contributed by atoms with Gasteiger partial charge in [0.2, 0.25) is 12.7 Å². The van der Waals surface area contributed by atoms with Crippen molar-refractivity contribution in [1.82, 2.24) is 4.90 Å². The zero-order valence-electron chi connectivity index (χ0n) is 13.8. The van der Waals surface area contributed by atoms with Gasteiger partial charge >= 0.3 is 0 Å². The smallest absolute Gasteiger partial charge is 0.282 e. The molecule has 0 radical (unpaired) electrons. The lowest BCUT2D eigenvalue weighted by molar-refractivity contribution is -0.568. The van der Waals surface area contributed by atoms with Gasteiger partial charge in [-0.25, -0.2) is 4.58 Å². The topological polar surface area (TPSA) is 23.3 Å². The SMILES string of the molecule is C[C@@H](C/C=[N+]1\CC(=O)N(C)[C@@H]1C(C)(C)C)c1ccccc1. The van der Waals surface area contributed by atoms with Crippen LogP contribution < -0.4 is 0 Å². The van der Waals surface area contributed by atoms with Crippen molar-refractivity contribution in [3.05, 3.63) is 35.9 Å². The van der Waals surface area contributed by atoms with Crippen LogP contribution in [0.5, 0.6) is 0 Å². The summed E-state index contributed by atoms with van der Waals surface area (Å²) in [6.45, 7) is 9.30. The van der Waals surface area contributed by atoms with Crippen LogP contribution in [-0.4, -0.2) is 41.4 Å². The van der Waals surface area contributed by atoms with Crippen LogP contribution in [-0.2, 0) is 4.79 Å². The number of likely N-dealkylation sites (N-methyl/N-ethyl adjacent to an activating group) is 1. The Balaban J connectivity index is 2.14. The van der Waals surface area contributed by atoms with E-state index in [1.165, 1.54) is 5.56 Å². The first-order valence-corrected chi connectivity index (χ1v) is 7.70. The minimum atomic E-state index is 0.0490. The summed E-state index contributed by atoms with van der Waals surface area (Å²) in [4.78, 5) is 13.9. The number of hydrogen-bond acceptors (Lipinski definition) is 1. The Kier molecular flexibility index (Phi) is 4.50. The highest BCUT2D eigenvalue weighted by molar-refractivity contribution is 5.79. The molecule has 114 valence electrons. The highest BCUT2D eigenvalue weighted by atomic mass is 16.2. The monoisotopic (exact) mass is 287 g/mol. The summed E-state index contributed by atoms with van der Waals surface area (Å²) in [5.74, 6) is 0.673. The van der Waals surface area contributed by atoms with Gasteiger partial charge in [-0.3, -0.25) is 9.69 Å². The molecule has 1 aliphatic rings. The van der Waals surface area contributed by atoms with Gasteiger partial charge in [0.25, 0.3) is 5.91 Å². The molecule has 21 heavy (non-hydrogen) atoms.